The lowest BCUT2D eigenvalue weighted by atomic mass is 10.2. The van der Waals surface area contributed by atoms with Crippen LogP contribution in [0.1, 0.15) is 15.9 Å². The van der Waals surface area contributed by atoms with E-state index in [2.05, 4.69) is 10.6 Å². The van der Waals surface area contributed by atoms with E-state index in [0.29, 0.717) is 10.7 Å². The molecule has 0 fully saturated rings. The summed E-state index contributed by atoms with van der Waals surface area (Å²) in [5, 5.41) is 24.0. The van der Waals surface area contributed by atoms with Crippen molar-refractivity contribution in [2.45, 2.75) is 6.92 Å². The van der Waals surface area contributed by atoms with E-state index in [4.69, 9.17) is 22.0 Å². The van der Waals surface area contributed by atoms with E-state index >= 15 is 0 Å². The molecular weight excluding hydrogens is 342 g/mol. The molecule has 0 aliphatic heterocycles. The first-order chi connectivity index (χ1) is 11.9. The summed E-state index contributed by atoms with van der Waals surface area (Å²) in [5.74, 6) is -1.66. The second-order valence-electron chi connectivity index (χ2n) is 5.11. The number of amides is 1. The minimum atomic E-state index is -1.06. The van der Waals surface area contributed by atoms with E-state index in [9.17, 15) is 9.59 Å². The summed E-state index contributed by atoms with van der Waals surface area (Å²) < 4.78 is 0. The molecular formula is C18H14ClN3O3. The van der Waals surface area contributed by atoms with Crippen LogP contribution in [-0.2, 0) is 4.79 Å². The highest BCUT2D eigenvalue weighted by molar-refractivity contribution is 6.30. The topological polar surface area (TPSA) is 102 Å². The SMILES string of the molecule is Cc1cc(Cl)ccc1N/C=C(/C#N)C(=O)Nc1ccc(C(=O)O)cc1. The Labute approximate surface area is 149 Å². The molecule has 0 heterocycles. The fourth-order valence-electron chi connectivity index (χ4n) is 1.98. The number of carbonyl (C=O) groups is 2. The normalized spacial score (nSPS) is 10.7. The summed E-state index contributed by atoms with van der Waals surface area (Å²) in [6.07, 6.45) is 1.30. The number of benzene rings is 2. The van der Waals surface area contributed by atoms with Gasteiger partial charge >= 0.3 is 5.97 Å². The minimum Gasteiger partial charge on any atom is -0.478 e. The Bertz CT molecular complexity index is 883. The van der Waals surface area contributed by atoms with Gasteiger partial charge in [-0.1, -0.05) is 11.6 Å². The largest absolute Gasteiger partial charge is 0.478 e. The first kappa shape index (κ1) is 18.0. The Kier molecular flexibility index (Phi) is 5.77. The quantitative estimate of drug-likeness (QED) is 0.559. The van der Waals surface area contributed by atoms with Gasteiger partial charge in [0, 0.05) is 22.6 Å². The molecule has 0 aliphatic rings. The first-order valence-corrected chi connectivity index (χ1v) is 7.56. The number of rotatable bonds is 5. The number of carboxylic acid groups (broad SMARTS) is 1. The molecule has 2 rings (SSSR count). The van der Waals surface area contributed by atoms with Crippen LogP contribution in [0.4, 0.5) is 11.4 Å². The zero-order valence-corrected chi connectivity index (χ0v) is 14.0. The number of hydrogen-bond acceptors (Lipinski definition) is 4. The van der Waals surface area contributed by atoms with Crippen LogP contribution in [0.2, 0.25) is 5.02 Å². The van der Waals surface area contributed by atoms with E-state index in [0.717, 1.165) is 11.3 Å². The van der Waals surface area contributed by atoms with Crippen molar-refractivity contribution >= 4 is 34.9 Å². The molecule has 2 aromatic rings. The van der Waals surface area contributed by atoms with Gasteiger partial charge in [0.2, 0.25) is 0 Å². The van der Waals surface area contributed by atoms with Gasteiger partial charge < -0.3 is 15.7 Å². The van der Waals surface area contributed by atoms with Crippen molar-refractivity contribution in [1.82, 2.24) is 0 Å². The smallest absolute Gasteiger partial charge is 0.335 e. The first-order valence-electron chi connectivity index (χ1n) is 7.18. The second-order valence-corrected chi connectivity index (χ2v) is 5.55. The van der Waals surface area contributed by atoms with Gasteiger partial charge in [0.05, 0.1) is 5.56 Å². The number of nitriles is 1. The van der Waals surface area contributed by atoms with Gasteiger partial charge in [0.15, 0.2) is 0 Å². The molecule has 2 aromatic carbocycles. The van der Waals surface area contributed by atoms with Crippen LogP contribution in [0.15, 0.2) is 54.2 Å². The molecule has 0 saturated carbocycles. The molecule has 0 atom stereocenters. The van der Waals surface area contributed by atoms with E-state index in [1.807, 2.05) is 13.0 Å². The maximum atomic E-state index is 12.1. The molecule has 1 amide bonds. The Hall–Kier alpha value is -3.30. The average molecular weight is 356 g/mol. The molecule has 126 valence electrons. The van der Waals surface area contributed by atoms with Crippen molar-refractivity contribution < 1.29 is 14.7 Å². The summed E-state index contributed by atoms with van der Waals surface area (Å²) in [7, 11) is 0. The molecule has 25 heavy (non-hydrogen) atoms. The molecule has 3 N–H and O–H groups in total. The van der Waals surface area contributed by atoms with Crippen molar-refractivity contribution in [1.29, 1.82) is 5.26 Å². The lowest BCUT2D eigenvalue weighted by Gasteiger charge is -2.07. The zero-order chi connectivity index (χ0) is 18.4. The van der Waals surface area contributed by atoms with Gasteiger partial charge in [-0.25, -0.2) is 4.79 Å². The fourth-order valence-corrected chi connectivity index (χ4v) is 2.21. The van der Waals surface area contributed by atoms with Crippen LogP contribution < -0.4 is 10.6 Å². The summed E-state index contributed by atoms with van der Waals surface area (Å²) >= 11 is 5.88. The van der Waals surface area contributed by atoms with Gasteiger partial charge in [-0.3, -0.25) is 4.79 Å². The van der Waals surface area contributed by atoms with Crippen LogP contribution >= 0.6 is 11.6 Å². The number of aryl methyl sites for hydroxylation is 1. The highest BCUT2D eigenvalue weighted by atomic mass is 35.5. The third kappa shape index (κ3) is 4.83. The van der Waals surface area contributed by atoms with Crippen molar-refractivity contribution in [2.24, 2.45) is 0 Å². The van der Waals surface area contributed by atoms with Gasteiger partial charge in [-0.15, -0.1) is 0 Å². The standard InChI is InChI=1S/C18H14ClN3O3/c1-11-8-14(19)4-7-16(11)21-10-13(9-20)17(23)22-15-5-2-12(3-6-15)18(24)25/h2-8,10,21H,1H3,(H,22,23)(H,24,25)/b13-10-. The van der Waals surface area contributed by atoms with Crippen molar-refractivity contribution in [2.75, 3.05) is 10.6 Å². The number of aromatic carboxylic acids is 1. The zero-order valence-electron chi connectivity index (χ0n) is 13.2. The van der Waals surface area contributed by atoms with Crippen LogP contribution in [0.25, 0.3) is 0 Å². The van der Waals surface area contributed by atoms with Gasteiger partial charge in [0.1, 0.15) is 11.6 Å². The van der Waals surface area contributed by atoms with Crippen molar-refractivity contribution in [3.8, 4) is 6.07 Å². The van der Waals surface area contributed by atoms with Crippen LogP contribution in [0.5, 0.6) is 0 Å². The van der Waals surface area contributed by atoms with Crippen molar-refractivity contribution in [3.63, 3.8) is 0 Å². The molecule has 0 unspecified atom stereocenters. The Morgan fingerprint density at radius 2 is 1.88 bits per heavy atom. The maximum absolute atomic E-state index is 12.1. The summed E-state index contributed by atoms with van der Waals surface area (Å²) in [5.41, 5.74) is 1.95. The fraction of sp³-hybridized carbons (Fsp3) is 0.0556. The number of anilines is 2. The monoisotopic (exact) mass is 355 g/mol. The maximum Gasteiger partial charge on any atom is 0.335 e. The molecule has 0 spiro atoms. The Morgan fingerprint density at radius 3 is 2.44 bits per heavy atom. The van der Waals surface area contributed by atoms with Crippen LogP contribution in [0.3, 0.4) is 0 Å². The van der Waals surface area contributed by atoms with Crippen LogP contribution in [0, 0.1) is 18.3 Å². The third-order valence-electron chi connectivity index (χ3n) is 3.32. The molecule has 7 heteroatoms. The highest BCUT2D eigenvalue weighted by Gasteiger charge is 2.10. The molecule has 0 saturated heterocycles. The second kappa shape index (κ2) is 7.99. The third-order valence-corrected chi connectivity index (χ3v) is 3.55. The predicted molar refractivity (Wildman–Crippen MR) is 95.5 cm³/mol. The Morgan fingerprint density at radius 1 is 1.20 bits per heavy atom. The number of carbonyl (C=O) groups excluding carboxylic acids is 1. The number of nitrogens with one attached hydrogen (secondary N) is 2. The van der Waals surface area contributed by atoms with E-state index < -0.39 is 11.9 Å². The highest BCUT2D eigenvalue weighted by Crippen LogP contribution is 2.20. The molecule has 0 radical (unpaired) electrons. The van der Waals surface area contributed by atoms with E-state index in [-0.39, 0.29) is 11.1 Å². The lowest BCUT2D eigenvalue weighted by Crippen LogP contribution is -2.14. The van der Waals surface area contributed by atoms with Gasteiger partial charge in [-0.05, 0) is 55.0 Å². The number of halogens is 1. The molecule has 6 nitrogen and oxygen atoms in total. The van der Waals surface area contributed by atoms with Gasteiger partial charge in [-0.2, -0.15) is 5.26 Å². The number of carboxylic acids is 1. The van der Waals surface area contributed by atoms with E-state index in [1.165, 1.54) is 30.5 Å². The molecule has 0 bridgehead atoms. The average Bonchev–Trinajstić information content (AvgIpc) is 2.57. The number of nitrogens with zero attached hydrogens (tertiary/aromatic N) is 1. The number of hydrogen-bond donors (Lipinski definition) is 3. The lowest BCUT2D eigenvalue weighted by molar-refractivity contribution is -0.112. The van der Waals surface area contributed by atoms with E-state index in [1.54, 1.807) is 18.2 Å². The molecule has 0 aromatic heterocycles. The predicted octanol–water partition coefficient (Wildman–Crippen LogP) is 3.80. The van der Waals surface area contributed by atoms with Crippen LogP contribution in [-0.4, -0.2) is 17.0 Å². The Balaban J connectivity index is 2.09. The summed E-state index contributed by atoms with van der Waals surface area (Å²) in [6.45, 7) is 1.85. The minimum absolute atomic E-state index is 0.105. The summed E-state index contributed by atoms with van der Waals surface area (Å²) in [6, 6.07) is 12.6. The van der Waals surface area contributed by atoms with Crippen molar-refractivity contribution in [3.05, 3.63) is 70.4 Å². The molecule has 0 aliphatic carbocycles. The van der Waals surface area contributed by atoms with Gasteiger partial charge in [0.25, 0.3) is 5.91 Å². The summed E-state index contributed by atoms with van der Waals surface area (Å²) in [4.78, 5) is 22.9.